The zero-order valence-corrected chi connectivity index (χ0v) is 12.3. The lowest BCUT2D eigenvalue weighted by Gasteiger charge is -2.29. The summed E-state index contributed by atoms with van der Waals surface area (Å²) in [6.45, 7) is 3.38. The second-order valence-corrected chi connectivity index (χ2v) is 6.41. The Bertz CT molecular complexity index is 591. The second-order valence-electron chi connectivity index (χ2n) is 6.41. The van der Waals surface area contributed by atoms with E-state index in [2.05, 4.69) is 6.92 Å². The molecule has 1 aliphatic carbocycles. The molecule has 0 atom stereocenters. The van der Waals surface area contributed by atoms with Gasteiger partial charge in [0.2, 0.25) is 0 Å². The van der Waals surface area contributed by atoms with Gasteiger partial charge in [0.05, 0.1) is 18.6 Å². The van der Waals surface area contributed by atoms with Gasteiger partial charge >= 0.3 is 5.97 Å². The first-order valence-corrected chi connectivity index (χ1v) is 7.83. The molecule has 4 rings (SSSR count). The van der Waals surface area contributed by atoms with Crippen LogP contribution >= 0.6 is 0 Å². The maximum atomic E-state index is 12.1. The topological polar surface area (TPSA) is 55.8 Å². The predicted molar refractivity (Wildman–Crippen MR) is 77.4 cm³/mol. The summed E-state index contributed by atoms with van der Waals surface area (Å²) >= 11 is 0. The third kappa shape index (κ3) is 1.59. The van der Waals surface area contributed by atoms with E-state index in [9.17, 15) is 9.90 Å². The van der Waals surface area contributed by atoms with Crippen LogP contribution in [0.5, 0.6) is 11.5 Å². The quantitative estimate of drug-likeness (QED) is 0.909. The molecular weight excluding hydrogens is 268 g/mol. The number of carboxylic acid groups (broad SMARTS) is 1. The van der Waals surface area contributed by atoms with Gasteiger partial charge in [0.15, 0.2) is 0 Å². The lowest BCUT2D eigenvalue weighted by molar-refractivity contribution is -0.143. The van der Waals surface area contributed by atoms with E-state index in [-0.39, 0.29) is 0 Å². The normalized spacial score (nSPS) is 21.6. The lowest BCUT2D eigenvalue weighted by Crippen LogP contribution is -2.34. The summed E-state index contributed by atoms with van der Waals surface area (Å²) in [5.74, 6) is 1.10. The number of carbonyl (C=O) groups is 1. The first-order chi connectivity index (χ1) is 10.1. The summed E-state index contributed by atoms with van der Waals surface area (Å²) in [7, 11) is 0. The SMILES string of the molecule is Cc1c2c(c(C3(C(=O)O)CCCC3)c3c1OCC3)OCC2. The standard InChI is InChI=1S/C17H20O4/c1-10-11-4-8-21-15(11)13(12-5-9-20-14(10)12)17(16(18)19)6-2-3-7-17/h2-9H2,1H3,(H,18,19). The van der Waals surface area contributed by atoms with Gasteiger partial charge in [-0.15, -0.1) is 0 Å². The third-order valence-electron chi connectivity index (χ3n) is 5.41. The number of ether oxygens (including phenoxy) is 2. The number of carboxylic acids is 1. The van der Waals surface area contributed by atoms with Crippen molar-refractivity contribution in [1.29, 1.82) is 0 Å². The van der Waals surface area contributed by atoms with E-state index in [0.717, 1.165) is 59.4 Å². The molecule has 0 radical (unpaired) electrons. The van der Waals surface area contributed by atoms with Crippen molar-refractivity contribution >= 4 is 5.97 Å². The predicted octanol–water partition coefficient (Wildman–Crippen LogP) is 2.76. The van der Waals surface area contributed by atoms with Crippen molar-refractivity contribution in [3.8, 4) is 11.5 Å². The monoisotopic (exact) mass is 288 g/mol. The molecule has 1 saturated carbocycles. The highest BCUT2D eigenvalue weighted by Crippen LogP contribution is 2.53. The molecule has 0 spiro atoms. The Morgan fingerprint density at radius 1 is 1.05 bits per heavy atom. The number of benzene rings is 1. The van der Waals surface area contributed by atoms with Crippen molar-refractivity contribution in [2.75, 3.05) is 13.2 Å². The van der Waals surface area contributed by atoms with Crippen LogP contribution in [0.2, 0.25) is 0 Å². The minimum atomic E-state index is -0.764. The molecule has 0 unspecified atom stereocenters. The van der Waals surface area contributed by atoms with E-state index in [1.54, 1.807) is 0 Å². The van der Waals surface area contributed by atoms with E-state index in [0.29, 0.717) is 26.1 Å². The Hall–Kier alpha value is -1.71. The van der Waals surface area contributed by atoms with E-state index in [4.69, 9.17) is 9.47 Å². The highest BCUT2D eigenvalue weighted by molar-refractivity contribution is 5.85. The summed E-state index contributed by atoms with van der Waals surface area (Å²) in [6.07, 6.45) is 5.05. The van der Waals surface area contributed by atoms with Gasteiger partial charge in [-0.1, -0.05) is 12.8 Å². The van der Waals surface area contributed by atoms with Crippen LogP contribution in [0.15, 0.2) is 0 Å². The molecule has 1 N–H and O–H groups in total. The highest BCUT2D eigenvalue weighted by Gasteiger charge is 2.49. The van der Waals surface area contributed by atoms with E-state index in [1.165, 1.54) is 0 Å². The molecule has 4 nitrogen and oxygen atoms in total. The Morgan fingerprint density at radius 3 is 2.33 bits per heavy atom. The van der Waals surface area contributed by atoms with Crippen LogP contribution in [-0.4, -0.2) is 24.3 Å². The smallest absolute Gasteiger partial charge is 0.314 e. The first kappa shape index (κ1) is 13.0. The molecule has 0 aromatic heterocycles. The van der Waals surface area contributed by atoms with Crippen LogP contribution < -0.4 is 9.47 Å². The summed E-state index contributed by atoms with van der Waals surface area (Å²) in [5, 5.41) is 9.95. The molecule has 4 heteroatoms. The summed E-state index contributed by atoms with van der Waals surface area (Å²) in [6, 6.07) is 0. The molecule has 1 aromatic rings. The minimum absolute atomic E-state index is 0.655. The van der Waals surface area contributed by atoms with Gasteiger partial charge in [0, 0.05) is 29.5 Å². The zero-order chi connectivity index (χ0) is 14.6. The van der Waals surface area contributed by atoms with Crippen molar-refractivity contribution < 1.29 is 19.4 Å². The Labute approximate surface area is 124 Å². The van der Waals surface area contributed by atoms with Crippen molar-refractivity contribution in [3.05, 3.63) is 22.3 Å². The molecule has 112 valence electrons. The number of rotatable bonds is 2. The van der Waals surface area contributed by atoms with Gasteiger partial charge in [0.25, 0.3) is 0 Å². The number of fused-ring (bicyclic) bond motifs is 2. The van der Waals surface area contributed by atoms with E-state index < -0.39 is 11.4 Å². The van der Waals surface area contributed by atoms with Crippen LogP contribution in [0, 0.1) is 6.92 Å². The van der Waals surface area contributed by atoms with Gasteiger partial charge in [0.1, 0.15) is 11.5 Å². The second kappa shape index (κ2) is 4.39. The number of aliphatic carboxylic acids is 1. The molecule has 0 saturated heterocycles. The van der Waals surface area contributed by atoms with Gasteiger partial charge in [-0.05, 0) is 25.3 Å². The first-order valence-electron chi connectivity index (χ1n) is 7.83. The van der Waals surface area contributed by atoms with Crippen LogP contribution in [0.3, 0.4) is 0 Å². The molecule has 2 aliphatic heterocycles. The van der Waals surface area contributed by atoms with Gasteiger partial charge in [-0.3, -0.25) is 4.79 Å². The molecule has 3 aliphatic rings. The minimum Gasteiger partial charge on any atom is -0.493 e. The van der Waals surface area contributed by atoms with Crippen molar-refractivity contribution in [2.45, 2.75) is 50.9 Å². The summed E-state index contributed by atoms with van der Waals surface area (Å²) in [4.78, 5) is 12.1. The summed E-state index contributed by atoms with van der Waals surface area (Å²) < 4.78 is 11.7. The molecule has 0 bridgehead atoms. The Kier molecular flexibility index (Phi) is 2.72. The average Bonchev–Trinajstić information content (AvgIpc) is 3.20. The number of hydrogen-bond acceptors (Lipinski definition) is 3. The van der Waals surface area contributed by atoms with Crippen LogP contribution in [-0.2, 0) is 23.1 Å². The fourth-order valence-corrected chi connectivity index (χ4v) is 4.40. The van der Waals surface area contributed by atoms with Crippen molar-refractivity contribution in [1.82, 2.24) is 0 Å². The molecule has 2 heterocycles. The molecule has 0 amide bonds. The maximum Gasteiger partial charge on any atom is 0.314 e. The largest absolute Gasteiger partial charge is 0.493 e. The summed E-state index contributed by atoms with van der Waals surface area (Å²) in [5.41, 5.74) is 3.59. The Morgan fingerprint density at radius 2 is 1.67 bits per heavy atom. The lowest BCUT2D eigenvalue weighted by atomic mass is 9.74. The highest BCUT2D eigenvalue weighted by atomic mass is 16.5. The molecule has 21 heavy (non-hydrogen) atoms. The average molecular weight is 288 g/mol. The van der Waals surface area contributed by atoms with E-state index >= 15 is 0 Å². The fourth-order valence-electron chi connectivity index (χ4n) is 4.40. The molecule has 1 aromatic carbocycles. The molecular formula is C17H20O4. The number of hydrogen-bond donors (Lipinski definition) is 1. The van der Waals surface area contributed by atoms with Crippen LogP contribution in [0.4, 0.5) is 0 Å². The third-order valence-corrected chi connectivity index (χ3v) is 5.41. The fraction of sp³-hybridized carbons (Fsp3) is 0.588. The Balaban J connectivity index is 2.03. The van der Waals surface area contributed by atoms with E-state index in [1.807, 2.05) is 0 Å². The van der Waals surface area contributed by atoms with Crippen LogP contribution in [0.25, 0.3) is 0 Å². The van der Waals surface area contributed by atoms with Crippen molar-refractivity contribution in [3.63, 3.8) is 0 Å². The maximum absolute atomic E-state index is 12.1. The van der Waals surface area contributed by atoms with Gasteiger partial charge in [-0.25, -0.2) is 0 Å². The van der Waals surface area contributed by atoms with Crippen molar-refractivity contribution in [2.24, 2.45) is 0 Å². The molecule has 1 fully saturated rings. The van der Waals surface area contributed by atoms with Crippen LogP contribution in [0.1, 0.15) is 47.9 Å². The van der Waals surface area contributed by atoms with Gasteiger partial charge < -0.3 is 14.6 Å². The zero-order valence-electron chi connectivity index (χ0n) is 12.3. The van der Waals surface area contributed by atoms with Gasteiger partial charge in [-0.2, -0.15) is 0 Å².